The van der Waals surface area contributed by atoms with Gasteiger partial charge in [0.15, 0.2) is 0 Å². The fourth-order valence-electron chi connectivity index (χ4n) is 1.25. The molecular formula is C10H11F3N2O2. The minimum absolute atomic E-state index is 0.143. The molecule has 1 N–H and O–H groups in total. The molecule has 1 rings (SSSR count). The van der Waals surface area contributed by atoms with Crippen LogP contribution in [0.2, 0.25) is 0 Å². The number of anilines is 1. The average molecular weight is 248 g/mol. The molecule has 0 atom stereocenters. The van der Waals surface area contributed by atoms with Crippen LogP contribution in [-0.4, -0.2) is 10.5 Å². The Morgan fingerprint density at radius 2 is 2.00 bits per heavy atom. The van der Waals surface area contributed by atoms with E-state index in [9.17, 15) is 22.8 Å². The highest BCUT2D eigenvalue weighted by Gasteiger charge is 2.33. The van der Waals surface area contributed by atoms with Gasteiger partial charge in [-0.1, -0.05) is 6.92 Å². The van der Waals surface area contributed by atoms with Gasteiger partial charge in [0.2, 0.25) is 5.91 Å². The lowest BCUT2D eigenvalue weighted by atomic mass is 10.3. The van der Waals surface area contributed by atoms with E-state index in [2.05, 4.69) is 5.32 Å². The molecule has 0 unspecified atom stereocenters. The van der Waals surface area contributed by atoms with Gasteiger partial charge in [0, 0.05) is 13.5 Å². The Hall–Kier alpha value is -1.79. The van der Waals surface area contributed by atoms with E-state index in [0.717, 1.165) is 19.2 Å². The lowest BCUT2D eigenvalue weighted by Crippen LogP contribution is -2.28. The van der Waals surface area contributed by atoms with Crippen LogP contribution in [0.1, 0.15) is 19.0 Å². The summed E-state index contributed by atoms with van der Waals surface area (Å²) in [5.74, 6) is -0.429. The summed E-state index contributed by atoms with van der Waals surface area (Å²) in [6.45, 7) is 1.57. The van der Waals surface area contributed by atoms with Gasteiger partial charge >= 0.3 is 6.18 Å². The number of pyridine rings is 1. The van der Waals surface area contributed by atoms with Crippen LogP contribution in [0.5, 0.6) is 0 Å². The molecule has 0 bridgehead atoms. The number of hydrogen-bond acceptors (Lipinski definition) is 2. The fourth-order valence-corrected chi connectivity index (χ4v) is 1.25. The van der Waals surface area contributed by atoms with E-state index in [1.807, 2.05) is 0 Å². The first-order valence-electron chi connectivity index (χ1n) is 4.84. The molecule has 0 aromatic carbocycles. The number of nitrogens with one attached hydrogen (secondary N) is 1. The van der Waals surface area contributed by atoms with Crippen LogP contribution < -0.4 is 10.9 Å². The monoisotopic (exact) mass is 248 g/mol. The predicted octanol–water partition coefficient (Wildman–Crippen LogP) is 1.75. The molecule has 1 heterocycles. The Bertz CT molecular complexity index is 491. The molecule has 1 aromatic heterocycles. The second-order valence-electron chi connectivity index (χ2n) is 3.40. The van der Waals surface area contributed by atoms with Gasteiger partial charge in [0.1, 0.15) is 11.4 Å². The molecule has 0 aliphatic carbocycles. The summed E-state index contributed by atoms with van der Waals surface area (Å²) in [4.78, 5) is 22.6. The number of carbonyl (C=O) groups excluding carboxylic acids is 1. The van der Waals surface area contributed by atoms with Crippen molar-refractivity contribution in [2.24, 2.45) is 7.05 Å². The third-order valence-corrected chi connectivity index (χ3v) is 2.19. The van der Waals surface area contributed by atoms with Gasteiger partial charge in [-0.05, 0) is 12.1 Å². The molecule has 0 fully saturated rings. The zero-order chi connectivity index (χ0) is 13.2. The van der Waals surface area contributed by atoms with Crippen molar-refractivity contribution in [3.05, 3.63) is 28.2 Å². The van der Waals surface area contributed by atoms with E-state index in [1.54, 1.807) is 6.92 Å². The summed E-state index contributed by atoms with van der Waals surface area (Å²) in [7, 11) is 1.01. The fraction of sp³-hybridized carbons (Fsp3) is 0.400. The van der Waals surface area contributed by atoms with Crippen molar-refractivity contribution >= 4 is 11.6 Å². The maximum atomic E-state index is 12.4. The van der Waals surface area contributed by atoms with Crippen LogP contribution in [0.25, 0.3) is 0 Å². The van der Waals surface area contributed by atoms with Gasteiger partial charge in [-0.15, -0.1) is 0 Å². The minimum Gasteiger partial charge on any atom is -0.321 e. The molecular weight excluding hydrogens is 237 g/mol. The summed E-state index contributed by atoms with van der Waals surface area (Å²) in [5.41, 5.74) is -2.11. The molecule has 1 amide bonds. The van der Waals surface area contributed by atoms with Crippen LogP contribution in [0.4, 0.5) is 18.9 Å². The smallest absolute Gasteiger partial charge is 0.321 e. The Kier molecular flexibility index (Phi) is 3.59. The van der Waals surface area contributed by atoms with E-state index in [4.69, 9.17) is 0 Å². The highest BCUT2D eigenvalue weighted by molar-refractivity contribution is 5.90. The third kappa shape index (κ3) is 2.86. The van der Waals surface area contributed by atoms with Gasteiger partial charge in [0.25, 0.3) is 5.56 Å². The SMILES string of the molecule is CCC(=O)Nc1ccc(C(F)(F)F)n(C)c1=O. The first-order valence-corrected chi connectivity index (χ1v) is 4.84. The number of alkyl halides is 3. The number of nitrogens with zero attached hydrogens (tertiary/aromatic N) is 1. The summed E-state index contributed by atoms with van der Waals surface area (Å²) >= 11 is 0. The van der Waals surface area contributed by atoms with Crippen molar-refractivity contribution in [3.8, 4) is 0 Å². The van der Waals surface area contributed by atoms with Crippen LogP contribution >= 0.6 is 0 Å². The summed E-state index contributed by atoms with van der Waals surface area (Å²) < 4.78 is 37.8. The highest BCUT2D eigenvalue weighted by atomic mass is 19.4. The zero-order valence-electron chi connectivity index (χ0n) is 9.26. The van der Waals surface area contributed by atoms with Crippen molar-refractivity contribution in [3.63, 3.8) is 0 Å². The van der Waals surface area contributed by atoms with Gasteiger partial charge in [0.05, 0.1) is 0 Å². The van der Waals surface area contributed by atoms with E-state index in [0.29, 0.717) is 4.57 Å². The average Bonchev–Trinajstić information content (AvgIpc) is 2.22. The van der Waals surface area contributed by atoms with Crippen molar-refractivity contribution in [2.45, 2.75) is 19.5 Å². The molecule has 17 heavy (non-hydrogen) atoms. The number of aromatic nitrogens is 1. The van der Waals surface area contributed by atoms with Crippen LogP contribution in [0.15, 0.2) is 16.9 Å². The highest BCUT2D eigenvalue weighted by Crippen LogP contribution is 2.28. The zero-order valence-corrected chi connectivity index (χ0v) is 9.26. The van der Waals surface area contributed by atoms with Crippen molar-refractivity contribution < 1.29 is 18.0 Å². The Balaban J connectivity index is 3.21. The summed E-state index contributed by atoms with van der Waals surface area (Å²) in [6, 6.07) is 1.71. The quantitative estimate of drug-likeness (QED) is 0.866. The van der Waals surface area contributed by atoms with Crippen molar-refractivity contribution in [2.75, 3.05) is 5.32 Å². The van der Waals surface area contributed by atoms with E-state index < -0.39 is 23.3 Å². The number of rotatable bonds is 2. The van der Waals surface area contributed by atoms with Crippen molar-refractivity contribution in [1.82, 2.24) is 4.57 Å². The predicted molar refractivity (Wildman–Crippen MR) is 55.6 cm³/mol. The molecule has 1 aromatic rings. The summed E-state index contributed by atoms with van der Waals surface area (Å²) in [6.07, 6.45) is -4.45. The maximum Gasteiger partial charge on any atom is 0.431 e. The molecule has 94 valence electrons. The summed E-state index contributed by atoms with van der Waals surface area (Å²) in [5, 5.41) is 2.24. The van der Waals surface area contributed by atoms with Crippen LogP contribution in [0, 0.1) is 0 Å². The lowest BCUT2D eigenvalue weighted by Gasteiger charge is -2.13. The number of amides is 1. The largest absolute Gasteiger partial charge is 0.431 e. The maximum absolute atomic E-state index is 12.4. The van der Waals surface area contributed by atoms with Gasteiger partial charge in [-0.3, -0.25) is 9.59 Å². The Morgan fingerprint density at radius 3 is 2.47 bits per heavy atom. The molecule has 0 saturated carbocycles. The molecule has 0 spiro atoms. The molecule has 7 heteroatoms. The van der Waals surface area contributed by atoms with E-state index in [1.165, 1.54) is 0 Å². The second-order valence-corrected chi connectivity index (χ2v) is 3.40. The Labute approximate surface area is 95.1 Å². The Morgan fingerprint density at radius 1 is 1.41 bits per heavy atom. The normalized spacial score (nSPS) is 11.4. The van der Waals surface area contributed by atoms with Gasteiger partial charge in [-0.2, -0.15) is 13.2 Å². The van der Waals surface area contributed by atoms with Crippen molar-refractivity contribution in [1.29, 1.82) is 0 Å². The van der Waals surface area contributed by atoms with Crippen LogP contribution in [-0.2, 0) is 18.0 Å². The molecule has 0 radical (unpaired) electrons. The third-order valence-electron chi connectivity index (χ3n) is 2.19. The second kappa shape index (κ2) is 4.60. The van der Waals surface area contributed by atoms with Gasteiger partial charge in [-0.25, -0.2) is 0 Å². The molecule has 0 aliphatic rings. The number of carbonyl (C=O) groups is 1. The standard InChI is InChI=1S/C10H11F3N2O2/c1-3-8(16)14-6-4-5-7(10(11,12)13)15(2)9(6)17/h4-5H,3H2,1-2H3,(H,14,16). The molecule has 4 nitrogen and oxygen atoms in total. The number of halogens is 3. The topological polar surface area (TPSA) is 51.1 Å². The minimum atomic E-state index is -4.60. The lowest BCUT2D eigenvalue weighted by molar-refractivity contribution is -0.143. The van der Waals surface area contributed by atoms with E-state index >= 15 is 0 Å². The van der Waals surface area contributed by atoms with Crippen LogP contribution in [0.3, 0.4) is 0 Å². The molecule has 0 saturated heterocycles. The van der Waals surface area contributed by atoms with E-state index in [-0.39, 0.29) is 12.1 Å². The first kappa shape index (κ1) is 13.3. The first-order chi connectivity index (χ1) is 7.77. The molecule has 0 aliphatic heterocycles. The van der Waals surface area contributed by atoms with Gasteiger partial charge < -0.3 is 9.88 Å². The number of hydrogen-bond donors (Lipinski definition) is 1.